The van der Waals surface area contributed by atoms with Gasteiger partial charge in [-0.15, -0.1) is 0 Å². The quantitative estimate of drug-likeness (QED) is 0.0953. The molecule has 0 amide bonds. The summed E-state index contributed by atoms with van der Waals surface area (Å²) in [6.07, 6.45) is 0. The third-order valence-electron chi connectivity index (χ3n) is 2.90. The fourth-order valence-electron chi connectivity index (χ4n) is 1.52. The van der Waals surface area contributed by atoms with Gasteiger partial charge in [-0.1, -0.05) is 6.92 Å². The van der Waals surface area contributed by atoms with Crippen LogP contribution in [0.3, 0.4) is 0 Å². The van der Waals surface area contributed by atoms with E-state index in [9.17, 15) is 17.8 Å². The summed E-state index contributed by atoms with van der Waals surface area (Å²) in [5, 5.41) is 0. The fourth-order valence-corrected chi connectivity index (χ4v) is 3.46. The van der Waals surface area contributed by atoms with Gasteiger partial charge < -0.3 is 28.2 Å². The molecular formula is C15H29NaO9S2. The van der Waals surface area contributed by atoms with Crippen molar-refractivity contribution in [3.05, 3.63) is 0 Å². The van der Waals surface area contributed by atoms with E-state index in [4.69, 9.17) is 23.7 Å². The summed E-state index contributed by atoms with van der Waals surface area (Å²) >= 11 is 1.23. The Labute approximate surface area is 188 Å². The molecule has 27 heavy (non-hydrogen) atoms. The third-order valence-corrected chi connectivity index (χ3v) is 5.09. The zero-order valence-corrected chi connectivity index (χ0v) is 20.0. The minimum absolute atomic E-state index is 0. The van der Waals surface area contributed by atoms with E-state index in [0.29, 0.717) is 45.4 Å². The molecule has 0 aromatic carbocycles. The number of carbonyl (C=O) groups is 1. The number of carbonyl (C=O) groups excluding carboxylic acids is 1. The predicted octanol–water partition coefficient (Wildman–Crippen LogP) is -2.86. The van der Waals surface area contributed by atoms with Gasteiger partial charge in [0.15, 0.2) is 0 Å². The first kappa shape index (κ1) is 29.8. The van der Waals surface area contributed by atoms with Gasteiger partial charge in [-0.3, -0.25) is 4.79 Å². The SMILES string of the molecule is COCCOCCOCCOCCOC(=O)C(C)CSCCS(=O)(=O)[O-].[Na+]. The van der Waals surface area contributed by atoms with Crippen molar-refractivity contribution in [2.75, 3.05) is 77.2 Å². The molecule has 0 aliphatic heterocycles. The van der Waals surface area contributed by atoms with Crippen LogP contribution in [-0.4, -0.2) is 96.2 Å². The van der Waals surface area contributed by atoms with Gasteiger partial charge in [0, 0.05) is 24.4 Å². The summed E-state index contributed by atoms with van der Waals surface area (Å²) in [5.74, 6) is -0.625. The van der Waals surface area contributed by atoms with Gasteiger partial charge in [0.05, 0.1) is 62.3 Å². The summed E-state index contributed by atoms with van der Waals surface area (Å²) in [5.41, 5.74) is 0. The van der Waals surface area contributed by atoms with Crippen LogP contribution >= 0.6 is 11.8 Å². The molecular weight excluding hydrogens is 411 g/mol. The number of hydrogen-bond donors (Lipinski definition) is 0. The smallest absolute Gasteiger partial charge is 0.748 e. The molecule has 156 valence electrons. The van der Waals surface area contributed by atoms with Crippen molar-refractivity contribution in [2.45, 2.75) is 6.92 Å². The summed E-state index contributed by atoms with van der Waals surface area (Å²) in [6.45, 7) is 4.99. The summed E-state index contributed by atoms with van der Waals surface area (Å²) in [6, 6.07) is 0. The van der Waals surface area contributed by atoms with Crippen LogP contribution in [-0.2, 0) is 38.6 Å². The Kier molecular flexibility index (Phi) is 21.9. The van der Waals surface area contributed by atoms with E-state index in [0.717, 1.165) is 0 Å². The van der Waals surface area contributed by atoms with Gasteiger partial charge in [0.2, 0.25) is 0 Å². The second-order valence-corrected chi connectivity index (χ2v) is 7.91. The Morgan fingerprint density at radius 2 is 1.44 bits per heavy atom. The predicted molar refractivity (Wildman–Crippen MR) is 96.3 cm³/mol. The molecule has 0 aromatic heterocycles. The average Bonchev–Trinajstić information content (AvgIpc) is 2.58. The molecule has 0 N–H and O–H groups in total. The first-order valence-electron chi connectivity index (χ1n) is 8.27. The minimum atomic E-state index is -4.20. The van der Waals surface area contributed by atoms with E-state index in [1.165, 1.54) is 11.8 Å². The second-order valence-electron chi connectivity index (χ2n) is 5.24. The Morgan fingerprint density at radius 1 is 0.963 bits per heavy atom. The maximum Gasteiger partial charge on any atom is 1.00 e. The van der Waals surface area contributed by atoms with Crippen LogP contribution in [0.5, 0.6) is 0 Å². The minimum Gasteiger partial charge on any atom is -0.748 e. The molecule has 0 heterocycles. The molecule has 0 saturated heterocycles. The largest absolute Gasteiger partial charge is 1.00 e. The Balaban J connectivity index is 0. The summed E-state index contributed by atoms with van der Waals surface area (Å²) in [4.78, 5) is 11.7. The third kappa shape index (κ3) is 22.7. The second kappa shape index (κ2) is 19.9. The van der Waals surface area contributed by atoms with Crippen molar-refractivity contribution in [3.63, 3.8) is 0 Å². The normalized spacial score (nSPS) is 12.4. The number of rotatable bonds is 18. The molecule has 0 rings (SSSR count). The molecule has 0 aliphatic carbocycles. The molecule has 12 heteroatoms. The van der Waals surface area contributed by atoms with E-state index in [2.05, 4.69) is 0 Å². The standard InChI is InChI=1S/C15H30O9S2.Na/c1-14(13-25-11-12-26(17,18)19)15(16)24-10-9-23-8-7-22-6-5-21-4-3-20-2;/h14H,3-13H2,1-2H3,(H,17,18,19);/q;+1/p-1. The van der Waals surface area contributed by atoms with Crippen LogP contribution in [0.2, 0.25) is 0 Å². The Morgan fingerprint density at radius 3 is 1.93 bits per heavy atom. The first-order chi connectivity index (χ1) is 12.4. The van der Waals surface area contributed by atoms with Crippen molar-refractivity contribution in [1.29, 1.82) is 0 Å². The summed E-state index contributed by atoms with van der Waals surface area (Å²) in [7, 11) is -2.59. The van der Waals surface area contributed by atoms with Gasteiger partial charge in [-0.05, 0) is 0 Å². The molecule has 0 fully saturated rings. The van der Waals surface area contributed by atoms with Gasteiger partial charge in [-0.2, -0.15) is 11.8 Å². The molecule has 0 aliphatic rings. The maximum absolute atomic E-state index is 11.7. The van der Waals surface area contributed by atoms with Crippen molar-refractivity contribution in [2.24, 2.45) is 5.92 Å². The number of esters is 1. The monoisotopic (exact) mass is 440 g/mol. The number of thioether (sulfide) groups is 1. The topological polar surface area (TPSA) is 120 Å². The maximum atomic E-state index is 11.7. The molecule has 9 nitrogen and oxygen atoms in total. The Hall–Kier alpha value is 0.570. The number of hydrogen-bond acceptors (Lipinski definition) is 10. The van der Waals surface area contributed by atoms with Crippen LogP contribution in [0.25, 0.3) is 0 Å². The van der Waals surface area contributed by atoms with Crippen LogP contribution in [0.1, 0.15) is 6.92 Å². The molecule has 0 spiro atoms. The van der Waals surface area contributed by atoms with E-state index < -0.39 is 15.9 Å². The van der Waals surface area contributed by atoms with Gasteiger partial charge >= 0.3 is 35.5 Å². The number of ether oxygens (including phenoxy) is 5. The van der Waals surface area contributed by atoms with Crippen LogP contribution < -0.4 is 29.6 Å². The molecule has 1 unspecified atom stereocenters. The van der Waals surface area contributed by atoms with Crippen molar-refractivity contribution in [3.8, 4) is 0 Å². The van der Waals surface area contributed by atoms with Crippen LogP contribution in [0.15, 0.2) is 0 Å². The molecule has 0 saturated carbocycles. The van der Waals surface area contributed by atoms with Crippen LogP contribution in [0, 0.1) is 5.92 Å². The van der Waals surface area contributed by atoms with Crippen molar-refractivity contribution in [1.82, 2.24) is 0 Å². The van der Waals surface area contributed by atoms with Crippen molar-refractivity contribution >= 4 is 27.8 Å². The number of methoxy groups -OCH3 is 1. The van der Waals surface area contributed by atoms with Gasteiger partial charge in [0.25, 0.3) is 0 Å². The zero-order chi connectivity index (χ0) is 19.7. The molecule has 1 atom stereocenters. The zero-order valence-electron chi connectivity index (χ0n) is 16.3. The fraction of sp³-hybridized carbons (Fsp3) is 0.933. The van der Waals surface area contributed by atoms with Gasteiger partial charge in [-0.25, -0.2) is 8.42 Å². The first-order valence-corrected chi connectivity index (χ1v) is 11.0. The molecule has 0 bridgehead atoms. The van der Waals surface area contributed by atoms with E-state index in [1.807, 2.05) is 0 Å². The molecule has 0 radical (unpaired) electrons. The van der Waals surface area contributed by atoms with E-state index in [1.54, 1.807) is 14.0 Å². The Bertz CT molecular complexity index is 449. The van der Waals surface area contributed by atoms with E-state index >= 15 is 0 Å². The van der Waals surface area contributed by atoms with Crippen LogP contribution in [0.4, 0.5) is 0 Å². The summed E-state index contributed by atoms with van der Waals surface area (Å²) < 4.78 is 57.0. The van der Waals surface area contributed by atoms with Gasteiger partial charge in [0.1, 0.15) is 6.61 Å². The van der Waals surface area contributed by atoms with Crippen molar-refractivity contribution < 1.29 is 71.0 Å². The molecule has 0 aromatic rings. The average molecular weight is 441 g/mol. The van der Waals surface area contributed by atoms with E-state index in [-0.39, 0.29) is 60.4 Å².